The lowest BCUT2D eigenvalue weighted by atomic mass is 10.2. The Labute approximate surface area is 81.9 Å². The van der Waals surface area contributed by atoms with Crippen LogP contribution in [0.2, 0.25) is 4.34 Å². The highest BCUT2D eigenvalue weighted by Gasteiger charge is 2.09. The molecule has 0 amide bonds. The molecule has 0 aliphatic heterocycles. The first-order valence-corrected chi connectivity index (χ1v) is 5.04. The van der Waals surface area contributed by atoms with Crippen LogP contribution in [0.4, 0.5) is 0 Å². The smallest absolute Gasteiger partial charge is 0.0931 e. The summed E-state index contributed by atoms with van der Waals surface area (Å²) in [6.07, 6.45) is 0. The SMILES string of the molecule is CNCC(NC)c1ccc(Cl)s1. The van der Waals surface area contributed by atoms with Crippen molar-refractivity contribution >= 4 is 22.9 Å². The zero-order chi connectivity index (χ0) is 8.97. The zero-order valence-electron chi connectivity index (χ0n) is 7.23. The molecule has 1 unspecified atom stereocenters. The third-order valence-electron chi connectivity index (χ3n) is 1.69. The fourth-order valence-corrected chi connectivity index (χ4v) is 2.24. The van der Waals surface area contributed by atoms with Crippen molar-refractivity contribution in [2.75, 3.05) is 20.6 Å². The lowest BCUT2D eigenvalue weighted by molar-refractivity contribution is 0.566. The van der Waals surface area contributed by atoms with Gasteiger partial charge in [-0.25, -0.2) is 0 Å². The second kappa shape index (κ2) is 4.82. The maximum Gasteiger partial charge on any atom is 0.0931 e. The fourth-order valence-electron chi connectivity index (χ4n) is 1.06. The van der Waals surface area contributed by atoms with Gasteiger partial charge in [0.05, 0.1) is 10.4 Å². The first-order chi connectivity index (χ1) is 5.77. The average molecular weight is 205 g/mol. The molecule has 0 aliphatic carbocycles. The molecule has 12 heavy (non-hydrogen) atoms. The molecule has 1 atom stereocenters. The molecule has 0 fully saturated rings. The van der Waals surface area contributed by atoms with Gasteiger partial charge < -0.3 is 10.6 Å². The summed E-state index contributed by atoms with van der Waals surface area (Å²) in [5.74, 6) is 0. The van der Waals surface area contributed by atoms with Crippen LogP contribution in [0.25, 0.3) is 0 Å². The van der Waals surface area contributed by atoms with Crippen LogP contribution in [0, 0.1) is 0 Å². The van der Waals surface area contributed by atoms with Gasteiger partial charge in [-0.3, -0.25) is 0 Å². The molecule has 0 bridgehead atoms. The summed E-state index contributed by atoms with van der Waals surface area (Å²) in [5, 5.41) is 6.35. The first-order valence-electron chi connectivity index (χ1n) is 3.85. The van der Waals surface area contributed by atoms with E-state index >= 15 is 0 Å². The van der Waals surface area contributed by atoms with Gasteiger partial charge in [-0.15, -0.1) is 11.3 Å². The van der Waals surface area contributed by atoms with E-state index in [0.29, 0.717) is 6.04 Å². The molecule has 0 aliphatic rings. The first kappa shape index (κ1) is 9.99. The predicted molar refractivity (Wildman–Crippen MR) is 55.1 cm³/mol. The van der Waals surface area contributed by atoms with Crippen molar-refractivity contribution in [3.05, 3.63) is 21.3 Å². The van der Waals surface area contributed by atoms with Crippen molar-refractivity contribution in [1.82, 2.24) is 10.6 Å². The second-order valence-corrected chi connectivity index (χ2v) is 4.29. The van der Waals surface area contributed by atoms with Crippen LogP contribution in [0.3, 0.4) is 0 Å². The number of hydrogen-bond donors (Lipinski definition) is 2. The monoisotopic (exact) mass is 204 g/mol. The number of rotatable bonds is 4. The van der Waals surface area contributed by atoms with Crippen molar-refractivity contribution in [3.8, 4) is 0 Å². The third kappa shape index (κ3) is 2.45. The van der Waals surface area contributed by atoms with E-state index in [-0.39, 0.29) is 0 Å². The van der Waals surface area contributed by atoms with Crippen LogP contribution in [-0.2, 0) is 0 Å². The molecule has 0 saturated heterocycles. The largest absolute Gasteiger partial charge is 0.318 e. The van der Waals surface area contributed by atoms with Crippen LogP contribution < -0.4 is 10.6 Å². The van der Waals surface area contributed by atoms with Crippen LogP contribution in [-0.4, -0.2) is 20.6 Å². The minimum atomic E-state index is 0.368. The Bertz CT molecular complexity index is 237. The molecule has 4 heteroatoms. The van der Waals surface area contributed by atoms with E-state index in [4.69, 9.17) is 11.6 Å². The van der Waals surface area contributed by atoms with Gasteiger partial charge in [0.2, 0.25) is 0 Å². The van der Waals surface area contributed by atoms with Crippen LogP contribution in [0.5, 0.6) is 0 Å². The number of hydrogen-bond acceptors (Lipinski definition) is 3. The van der Waals surface area contributed by atoms with Crippen molar-refractivity contribution in [2.45, 2.75) is 6.04 Å². The minimum Gasteiger partial charge on any atom is -0.318 e. The quantitative estimate of drug-likeness (QED) is 0.783. The maximum atomic E-state index is 5.83. The van der Waals surface area contributed by atoms with E-state index in [2.05, 4.69) is 16.7 Å². The van der Waals surface area contributed by atoms with Gasteiger partial charge >= 0.3 is 0 Å². The zero-order valence-corrected chi connectivity index (χ0v) is 8.80. The summed E-state index contributed by atoms with van der Waals surface area (Å²) in [6.45, 7) is 0.924. The third-order valence-corrected chi connectivity index (χ3v) is 3.04. The summed E-state index contributed by atoms with van der Waals surface area (Å²) in [7, 11) is 3.90. The summed E-state index contributed by atoms with van der Waals surface area (Å²) in [6, 6.07) is 4.36. The predicted octanol–water partition coefficient (Wildman–Crippen LogP) is 1.88. The van der Waals surface area contributed by atoms with Gasteiger partial charge in [0, 0.05) is 11.4 Å². The lowest BCUT2D eigenvalue weighted by Crippen LogP contribution is -2.26. The highest BCUT2D eigenvalue weighted by atomic mass is 35.5. The summed E-state index contributed by atoms with van der Waals surface area (Å²) < 4.78 is 0.848. The lowest BCUT2D eigenvalue weighted by Gasteiger charge is -2.12. The highest BCUT2D eigenvalue weighted by molar-refractivity contribution is 7.16. The van der Waals surface area contributed by atoms with Crippen molar-refractivity contribution < 1.29 is 0 Å². The standard InChI is InChI=1S/C8H13ClN2S/c1-10-5-6(11-2)7-3-4-8(9)12-7/h3-4,6,10-11H,5H2,1-2H3. The average Bonchev–Trinajstić information content (AvgIpc) is 2.47. The van der Waals surface area contributed by atoms with Gasteiger partial charge in [0.25, 0.3) is 0 Å². The van der Waals surface area contributed by atoms with Crippen LogP contribution >= 0.6 is 22.9 Å². The van der Waals surface area contributed by atoms with Gasteiger partial charge in [0.15, 0.2) is 0 Å². The molecule has 0 spiro atoms. The van der Waals surface area contributed by atoms with E-state index < -0.39 is 0 Å². The van der Waals surface area contributed by atoms with Gasteiger partial charge in [-0.1, -0.05) is 11.6 Å². The fraction of sp³-hybridized carbons (Fsp3) is 0.500. The molecular weight excluding hydrogens is 192 g/mol. The topological polar surface area (TPSA) is 24.1 Å². The molecular formula is C8H13ClN2S. The molecule has 1 aromatic rings. The van der Waals surface area contributed by atoms with Gasteiger partial charge in [-0.2, -0.15) is 0 Å². The molecule has 2 N–H and O–H groups in total. The molecule has 0 aromatic carbocycles. The maximum absolute atomic E-state index is 5.83. The van der Waals surface area contributed by atoms with E-state index in [9.17, 15) is 0 Å². The van der Waals surface area contributed by atoms with Crippen molar-refractivity contribution in [3.63, 3.8) is 0 Å². The van der Waals surface area contributed by atoms with E-state index in [0.717, 1.165) is 10.9 Å². The van der Waals surface area contributed by atoms with Crippen molar-refractivity contribution in [1.29, 1.82) is 0 Å². The van der Waals surface area contributed by atoms with Crippen LogP contribution in [0.1, 0.15) is 10.9 Å². The Morgan fingerprint density at radius 2 is 2.25 bits per heavy atom. The Kier molecular flexibility index (Phi) is 4.01. The Balaban J connectivity index is 2.66. The molecule has 2 nitrogen and oxygen atoms in total. The molecule has 1 rings (SSSR count). The molecule has 1 heterocycles. The van der Waals surface area contributed by atoms with E-state index in [1.165, 1.54) is 4.88 Å². The molecule has 0 radical (unpaired) electrons. The minimum absolute atomic E-state index is 0.368. The second-order valence-electron chi connectivity index (χ2n) is 2.54. The van der Waals surface area contributed by atoms with Gasteiger partial charge in [-0.05, 0) is 26.2 Å². The summed E-state index contributed by atoms with van der Waals surface area (Å²) in [4.78, 5) is 1.27. The Hall–Kier alpha value is -0.0900. The Morgan fingerprint density at radius 1 is 1.50 bits per heavy atom. The van der Waals surface area contributed by atoms with Gasteiger partial charge in [0.1, 0.15) is 0 Å². The summed E-state index contributed by atoms with van der Waals surface area (Å²) in [5.41, 5.74) is 0. The van der Waals surface area contributed by atoms with Crippen molar-refractivity contribution in [2.24, 2.45) is 0 Å². The molecule has 68 valence electrons. The number of likely N-dealkylation sites (N-methyl/N-ethyl adjacent to an activating group) is 2. The number of halogens is 1. The van der Waals surface area contributed by atoms with E-state index in [1.807, 2.05) is 20.2 Å². The normalized spacial score (nSPS) is 13.2. The van der Waals surface area contributed by atoms with Crippen LogP contribution in [0.15, 0.2) is 12.1 Å². The Morgan fingerprint density at radius 3 is 2.67 bits per heavy atom. The number of nitrogens with one attached hydrogen (secondary N) is 2. The summed E-state index contributed by atoms with van der Waals surface area (Å²) >= 11 is 7.46. The molecule has 0 saturated carbocycles. The molecule has 1 aromatic heterocycles. The highest BCUT2D eigenvalue weighted by Crippen LogP contribution is 2.26. The van der Waals surface area contributed by atoms with E-state index in [1.54, 1.807) is 11.3 Å². The number of thiophene rings is 1.